The van der Waals surface area contributed by atoms with Gasteiger partial charge in [0.1, 0.15) is 0 Å². The standard InChI is InChI=1S/C13H8Cl2F3N/c14-10-2-8(3-11(15)6-10)7-1-9(13(16,17)18)5-12(19)4-7/h1-6H,19H2. The number of nitrogen functional groups attached to an aromatic ring is 1. The molecule has 0 aromatic heterocycles. The third-order valence-electron chi connectivity index (χ3n) is 2.48. The van der Waals surface area contributed by atoms with E-state index in [9.17, 15) is 13.2 Å². The van der Waals surface area contributed by atoms with Crippen molar-refractivity contribution in [2.75, 3.05) is 5.73 Å². The van der Waals surface area contributed by atoms with Gasteiger partial charge in [0.25, 0.3) is 0 Å². The minimum Gasteiger partial charge on any atom is -0.399 e. The molecule has 0 atom stereocenters. The van der Waals surface area contributed by atoms with Crippen molar-refractivity contribution in [2.45, 2.75) is 6.18 Å². The second kappa shape index (κ2) is 4.94. The maximum atomic E-state index is 12.7. The van der Waals surface area contributed by atoms with E-state index < -0.39 is 11.7 Å². The van der Waals surface area contributed by atoms with Crippen molar-refractivity contribution in [3.05, 3.63) is 52.0 Å². The van der Waals surface area contributed by atoms with Gasteiger partial charge in [-0.2, -0.15) is 13.2 Å². The van der Waals surface area contributed by atoms with Crippen molar-refractivity contribution in [3.8, 4) is 11.1 Å². The van der Waals surface area contributed by atoms with Gasteiger partial charge in [-0.25, -0.2) is 0 Å². The van der Waals surface area contributed by atoms with Crippen LogP contribution in [0.4, 0.5) is 18.9 Å². The molecule has 0 radical (unpaired) electrons. The van der Waals surface area contributed by atoms with Crippen LogP contribution < -0.4 is 5.73 Å². The highest BCUT2D eigenvalue weighted by Gasteiger charge is 2.31. The Balaban J connectivity index is 2.59. The van der Waals surface area contributed by atoms with E-state index >= 15 is 0 Å². The van der Waals surface area contributed by atoms with Gasteiger partial charge in [-0.3, -0.25) is 0 Å². The Hall–Kier alpha value is -1.39. The zero-order chi connectivity index (χ0) is 14.2. The number of alkyl halides is 3. The molecule has 0 saturated heterocycles. The summed E-state index contributed by atoms with van der Waals surface area (Å²) in [7, 11) is 0. The Morgan fingerprint density at radius 2 is 1.32 bits per heavy atom. The molecule has 0 aliphatic rings. The monoisotopic (exact) mass is 305 g/mol. The minimum absolute atomic E-state index is 0.0286. The van der Waals surface area contributed by atoms with E-state index in [0.29, 0.717) is 21.2 Å². The molecule has 0 bridgehead atoms. The molecule has 0 spiro atoms. The van der Waals surface area contributed by atoms with E-state index in [1.807, 2.05) is 0 Å². The molecule has 100 valence electrons. The highest BCUT2D eigenvalue weighted by Crippen LogP contribution is 2.35. The molecule has 19 heavy (non-hydrogen) atoms. The first kappa shape index (κ1) is 14.0. The number of rotatable bonds is 1. The Kier molecular flexibility index (Phi) is 3.65. The maximum absolute atomic E-state index is 12.7. The van der Waals surface area contributed by atoms with Gasteiger partial charge in [-0.1, -0.05) is 23.2 Å². The average Bonchev–Trinajstić information content (AvgIpc) is 2.25. The van der Waals surface area contributed by atoms with Crippen LogP contribution in [-0.2, 0) is 6.18 Å². The van der Waals surface area contributed by atoms with Crippen molar-refractivity contribution >= 4 is 28.9 Å². The first-order valence-corrected chi connectivity index (χ1v) is 5.95. The molecule has 0 aliphatic heterocycles. The fourth-order valence-electron chi connectivity index (χ4n) is 1.70. The molecule has 2 aromatic carbocycles. The maximum Gasteiger partial charge on any atom is 0.416 e. The molecular weight excluding hydrogens is 298 g/mol. The van der Waals surface area contributed by atoms with Crippen molar-refractivity contribution < 1.29 is 13.2 Å². The number of hydrogen-bond donors (Lipinski definition) is 1. The van der Waals surface area contributed by atoms with E-state index in [-0.39, 0.29) is 5.69 Å². The molecule has 0 fully saturated rings. The molecule has 6 heteroatoms. The van der Waals surface area contributed by atoms with Crippen LogP contribution in [0, 0.1) is 0 Å². The summed E-state index contributed by atoms with van der Waals surface area (Å²) < 4.78 is 38.1. The summed E-state index contributed by atoms with van der Waals surface area (Å²) in [6, 6.07) is 7.90. The molecule has 0 amide bonds. The minimum atomic E-state index is -4.45. The van der Waals surface area contributed by atoms with Gasteiger partial charge in [-0.05, 0) is 47.5 Å². The second-order valence-electron chi connectivity index (χ2n) is 4.00. The van der Waals surface area contributed by atoms with Gasteiger partial charge < -0.3 is 5.73 Å². The summed E-state index contributed by atoms with van der Waals surface area (Å²) >= 11 is 11.7. The van der Waals surface area contributed by atoms with E-state index in [2.05, 4.69) is 0 Å². The summed E-state index contributed by atoms with van der Waals surface area (Å²) in [6.07, 6.45) is -4.45. The van der Waals surface area contributed by atoms with Crippen molar-refractivity contribution in [3.63, 3.8) is 0 Å². The third-order valence-corrected chi connectivity index (χ3v) is 2.91. The van der Waals surface area contributed by atoms with Gasteiger partial charge in [-0.15, -0.1) is 0 Å². The number of halogens is 5. The molecule has 0 aliphatic carbocycles. The van der Waals surface area contributed by atoms with E-state index in [1.54, 1.807) is 0 Å². The average molecular weight is 306 g/mol. The molecule has 0 unspecified atom stereocenters. The highest BCUT2D eigenvalue weighted by atomic mass is 35.5. The van der Waals surface area contributed by atoms with E-state index in [0.717, 1.165) is 12.1 Å². The SMILES string of the molecule is Nc1cc(-c2cc(Cl)cc(Cl)c2)cc(C(F)(F)F)c1. The Morgan fingerprint density at radius 1 is 0.789 bits per heavy atom. The number of nitrogens with two attached hydrogens (primary N) is 1. The predicted molar refractivity (Wildman–Crippen MR) is 71.3 cm³/mol. The molecular formula is C13H8Cl2F3N. The van der Waals surface area contributed by atoms with Crippen LogP contribution in [0.5, 0.6) is 0 Å². The lowest BCUT2D eigenvalue weighted by Gasteiger charge is -2.11. The van der Waals surface area contributed by atoms with Gasteiger partial charge >= 0.3 is 6.18 Å². The van der Waals surface area contributed by atoms with Crippen LogP contribution in [0.1, 0.15) is 5.56 Å². The fourth-order valence-corrected chi connectivity index (χ4v) is 2.23. The lowest BCUT2D eigenvalue weighted by atomic mass is 10.0. The topological polar surface area (TPSA) is 26.0 Å². The van der Waals surface area contributed by atoms with Gasteiger partial charge in [0.15, 0.2) is 0 Å². The first-order chi connectivity index (χ1) is 8.75. The van der Waals surface area contributed by atoms with Gasteiger partial charge in [0.2, 0.25) is 0 Å². The summed E-state index contributed by atoms with van der Waals surface area (Å²) in [5, 5.41) is 0.692. The fraction of sp³-hybridized carbons (Fsp3) is 0.0769. The first-order valence-electron chi connectivity index (χ1n) is 5.20. The van der Waals surface area contributed by atoms with Crippen LogP contribution >= 0.6 is 23.2 Å². The predicted octanol–water partition coefficient (Wildman–Crippen LogP) is 5.26. The summed E-state index contributed by atoms with van der Waals surface area (Å²) in [4.78, 5) is 0. The number of benzene rings is 2. The van der Waals surface area contributed by atoms with Crippen LogP contribution in [0.15, 0.2) is 36.4 Å². The molecule has 1 nitrogen and oxygen atoms in total. The molecule has 0 saturated carbocycles. The molecule has 2 aromatic rings. The Labute approximate surface area is 117 Å². The zero-order valence-electron chi connectivity index (χ0n) is 9.43. The Bertz CT molecular complexity index is 604. The van der Waals surface area contributed by atoms with E-state index in [1.165, 1.54) is 24.3 Å². The number of hydrogen-bond acceptors (Lipinski definition) is 1. The largest absolute Gasteiger partial charge is 0.416 e. The molecule has 2 N–H and O–H groups in total. The van der Waals surface area contributed by atoms with Crippen molar-refractivity contribution in [2.24, 2.45) is 0 Å². The van der Waals surface area contributed by atoms with Gasteiger partial charge in [0.05, 0.1) is 5.56 Å². The van der Waals surface area contributed by atoms with Crippen LogP contribution in [0.25, 0.3) is 11.1 Å². The summed E-state index contributed by atoms with van der Waals surface area (Å²) in [6.45, 7) is 0. The normalized spacial score (nSPS) is 11.6. The molecule has 2 rings (SSSR count). The second-order valence-corrected chi connectivity index (χ2v) is 4.87. The molecule has 0 heterocycles. The zero-order valence-corrected chi connectivity index (χ0v) is 10.9. The van der Waals surface area contributed by atoms with Crippen LogP contribution in [-0.4, -0.2) is 0 Å². The lowest BCUT2D eigenvalue weighted by Crippen LogP contribution is -2.06. The summed E-state index contributed by atoms with van der Waals surface area (Å²) in [5.74, 6) is 0. The smallest absolute Gasteiger partial charge is 0.399 e. The van der Waals surface area contributed by atoms with Crippen LogP contribution in [0.2, 0.25) is 10.0 Å². The van der Waals surface area contributed by atoms with Crippen molar-refractivity contribution in [1.82, 2.24) is 0 Å². The lowest BCUT2D eigenvalue weighted by molar-refractivity contribution is -0.137. The third kappa shape index (κ3) is 3.33. The number of anilines is 1. The van der Waals surface area contributed by atoms with Crippen molar-refractivity contribution in [1.29, 1.82) is 0 Å². The summed E-state index contributed by atoms with van der Waals surface area (Å²) in [5.41, 5.74) is 5.52. The Morgan fingerprint density at radius 3 is 1.84 bits per heavy atom. The quantitative estimate of drug-likeness (QED) is 0.714. The van der Waals surface area contributed by atoms with Crippen LogP contribution in [0.3, 0.4) is 0 Å². The van der Waals surface area contributed by atoms with Gasteiger partial charge in [0, 0.05) is 15.7 Å². The van der Waals surface area contributed by atoms with E-state index in [4.69, 9.17) is 28.9 Å². The highest BCUT2D eigenvalue weighted by molar-refractivity contribution is 6.35.